The molecule has 0 saturated carbocycles. The van der Waals surface area contributed by atoms with Gasteiger partial charge in [-0.2, -0.15) is 0 Å². The highest BCUT2D eigenvalue weighted by Gasteiger charge is 2.21. The molecule has 20 heavy (non-hydrogen) atoms. The molecule has 1 aromatic rings. The lowest BCUT2D eigenvalue weighted by Gasteiger charge is -2.20. The van der Waals surface area contributed by atoms with Crippen LogP contribution >= 0.6 is 0 Å². The minimum Gasteiger partial charge on any atom is -0.488 e. The molecule has 0 fully saturated rings. The number of hydrogen-bond acceptors (Lipinski definition) is 3. The Hall–Kier alpha value is -2.31. The Morgan fingerprint density at radius 2 is 2.25 bits per heavy atom. The van der Waals surface area contributed by atoms with Crippen molar-refractivity contribution in [3.63, 3.8) is 0 Å². The Morgan fingerprint density at radius 1 is 1.45 bits per heavy atom. The SMILES string of the molecule is O=C(O)CCNC(=O)N1CCOc2c(F)cccc2C1. The van der Waals surface area contributed by atoms with Gasteiger partial charge >= 0.3 is 12.0 Å². The van der Waals surface area contributed by atoms with Crippen LogP contribution < -0.4 is 10.1 Å². The highest BCUT2D eigenvalue weighted by molar-refractivity contribution is 5.75. The maximum atomic E-state index is 13.6. The number of carboxylic acids is 1. The smallest absolute Gasteiger partial charge is 0.317 e. The van der Waals surface area contributed by atoms with Gasteiger partial charge in [-0.3, -0.25) is 4.79 Å². The molecule has 0 bridgehead atoms. The second-order valence-electron chi connectivity index (χ2n) is 4.37. The summed E-state index contributed by atoms with van der Waals surface area (Å²) in [6.45, 7) is 0.792. The summed E-state index contributed by atoms with van der Waals surface area (Å²) < 4.78 is 18.9. The summed E-state index contributed by atoms with van der Waals surface area (Å²) in [5, 5.41) is 11.0. The molecule has 0 radical (unpaired) electrons. The monoisotopic (exact) mass is 282 g/mol. The second-order valence-corrected chi connectivity index (χ2v) is 4.37. The van der Waals surface area contributed by atoms with E-state index in [1.54, 1.807) is 12.1 Å². The summed E-state index contributed by atoms with van der Waals surface area (Å²) in [6, 6.07) is 4.18. The minimum absolute atomic E-state index is 0.0571. The van der Waals surface area contributed by atoms with Crippen LogP contribution in [0.5, 0.6) is 5.75 Å². The molecule has 2 rings (SSSR count). The Balaban J connectivity index is 2.00. The number of aliphatic carboxylic acids is 1. The Bertz CT molecular complexity index is 521. The molecule has 2 N–H and O–H groups in total. The number of nitrogens with one attached hydrogen (secondary N) is 1. The number of ether oxygens (including phenoxy) is 1. The van der Waals surface area contributed by atoms with Crippen LogP contribution in [-0.4, -0.2) is 41.7 Å². The van der Waals surface area contributed by atoms with Crippen LogP contribution in [-0.2, 0) is 11.3 Å². The van der Waals surface area contributed by atoms with E-state index in [0.29, 0.717) is 12.1 Å². The fourth-order valence-electron chi connectivity index (χ4n) is 1.94. The number of halogens is 1. The lowest BCUT2D eigenvalue weighted by molar-refractivity contribution is -0.136. The van der Waals surface area contributed by atoms with Gasteiger partial charge in [0.25, 0.3) is 0 Å². The third-order valence-electron chi connectivity index (χ3n) is 2.92. The van der Waals surface area contributed by atoms with E-state index < -0.39 is 11.8 Å². The number of urea groups is 1. The molecule has 2 amide bonds. The molecule has 1 aromatic carbocycles. The number of fused-ring (bicyclic) bond motifs is 1. The van der Waals surface area contributed by atoms with Gasteiger partial charge in [0.2, 0.25) is 0 Å². The van der Waals surface area contributed by atoms with Crippen LogP contribution in [0.1, 0.15) is 12.0 Å². The maximum absolute atomic E-state index is 13.6. The van der Waals surface area contributed by atoms with Crippen LogP contribution in [0.15, 0.2) is 18.2 Å². The fraction of sp³-hybridized carbons (Fsp3) is 0.385. The quantitative estimate of drug-likeness (QED) is 0.873. The summed E-state index contributed by atoms with van der Waals surface area (Å²) in [4.78, 5) is 23.8. The average Bonchev–Trinajstić information content (AvgIpc) is 2.61. The number of hydrogen-bond donors (Lipinski definition) is 2. The molecule has 7 heteroatoms. The van der Waals surface area contributed by atoms with E-state index >= 15 is 0 Å². The third-order valence-corrected chi connectivity index (χ3v) is 2.92. The van der Waals surface area contributed by atoms with Gasteiger partial charge in [-0.1, -0.05) is 12.1 Å². The number of nitrogens with zero attached hydrogens (tertiary/aromatic N) is 1. The van der Waals surface area contributed by atoms with Crippen molar-refractivity contribution in [2.45, 2.75) is 13.0 Å². The lowest BCUT2D eigenvalue weighted by Crippen LogP contribution is -2.41. The van der Waals surface area contributed by atoms with Crippen molar-refractivity contribution in [2.24, 2.45) is 0 Å². The van der Waals surface area contributed by atoms with Crippen molar-refractivity contribution >= 4 is 12.0 Å². The van der Waals surface area contributed by atoms with E-state index in [0.717, 1.165) is 0 Å². The van der Waals surface area contributed by atoms with Crippen LogP contribution in [0.25, 0.3) is 0 Å². The minimum atomic E-state index is -0.975. The molecule has 0 spiro atoms. The number of benzene rings is 1. The molecule has 0 aromatic heterocycles. The summed E-state index contributed by atoms with van der Waals surface area (Å²) in [5.41, 5.74) is 0.593. The van der Waals surface area contributed by atoms with Gasteiger partial charge in [0.1, 0.15) is 6.61 Å². The molecular weight excluding hydrogens is 267 g/mol. The second kappa shape index (κ2) is 6.23. The average molecular weight is 282 g/mol. The van der Waals surface area contributed by atoms with Crippen LogP contribution in [0.4, 0.5) is 9.18 Å². The number of carbonyl (C=O) groups is 2. The molecule has 0 atom stereocenters. The maximum Gasteiger partial charge on any atom is 0.317 e. The Morgan fingerprint density at radius 3 is 3.00 bits per heavy atom. The Labute approximate surface area is 115 Å². The Kier molecular flexibility index (Phi) is 4.39. The van der Waals surface area contributed by atoms with Crippen molar-refractivity contribution < 1.29 is 23.8 Å². The van der Waals surface area contributed by atoms with Gasteiger partial charge in [0, 0.05) is 12.1 Å². The van der Waals surface area contributed by atoms with Crippen LogP contribution in [0.2, 0.25) is 0 Å². The third kappa shape index (κ3) is 3.37. The predicted molar refractivity (Wildman–Crippen MR) is 68.0 cm³/mol. The van der Waals surface area contributed by atoms with E-state index in [4.69, 9.17) is 9.84 Å². The first kappa shape index (κ1) is 14.1. The lowest BCUT2D eigenvalue weighted by atomic mass is 10.2. The van der Waals surface area contributed by atoms with E-state index in [2.05, 4.69) is 5.32 Å². The molecule has 1 aliphatic rings. The van der Waals surface area contributed by atoms with Crippen molar-refractivity contribution in [1.82, 2.24) is 10.2 Å². The number of amides is 2. The first-order valence-electron chi connectivity index (χ1n) is 6.22. The molecule has 1 heterocycles. The van der Waals surface area contributed by atoms with Gasteiger partial charge in [0.15, 0.2) is 11.6 Å². The zero-order valence-electron chi connectivity index (χ0n) is 10.8. The summed E-state index contributed by atoms with van der Waals surface area (Å²) in [7, 11) is 0. The van der Waals surface area contributed by atoms with E-state index in [-0.39, 0.29) is 37.9 Å². The van der Waals surface area contributed by atoms with Gasteiger partial charge in [-0.25, -0.2) is 9.18 Å². The molecule has 0 unspecified atom stereocenters. The standard InChI is InChI=1S/C13H15FN2O4/c14-10-3-1-2-9-8-16(6-7-20-12(9)10)13(19)15-5-4-11(17)18/h1-3H,4-8H2,(H,15,19)(H,17,18). The number of rotatable bonds is 3. The van der Waals surface area contributed by atoms with E-state index in [9.17, 15) is 14.0 Å². The fourth-order valence-corrected chi connectivity index (χ4v) is 1.94. The first-order chi connectivity index (χ1) is 9.58. The van der Waals surface area contributed by atoms with Crippen molar-refractivity contribution in [1.29, 1.82) is 0 Å². The normalized spacial score (nSPS) is 13.9. The van der Waals surface area contributed by atoms with Crippen molar-refractivity contribution in [2.75, 3.05) is 19.7 Å². The molecule has 1 aliphatic heterocycles. The molecule has 0 aliphatic carbocycles. The van der Waals surface area contributed by atoms with Gasteiger partial charge < -0.3 is 20.1 Å². The number of para-hydroxylation sites is 1. The molecular formula is C13H15FN2O4. The predicted octanol–water partition coefficient (Wildman–Crippen LogP) is 1.20. The molecule has 6 nitrogen and oxygen atoms in total. The summed E-state index contributed by atoms with van der Waals surface area (Å²) in [6.07, 6.45) is -0.138. The highest BCUT2D eigenvalue weighted by atomic mass is 19.1. The largest absolute Gasteiger partial charge is 0.488 e. The van der Waals surface area contributed by atoms with Crippen molar-refractivity contribution in [3.8, 4) is 5.75 Å². The molecule has 108 valence electrons. The van der Waals surface area contributed by atoms with E-state index in [1.807, 2.05) is 0 Å². The number of carboxylic acid groups (broad SMARTS) is 1. The first-order valence-corrected chi connectivity index (χ1v) is 6.22. The van der Waals surface area contributed by atoms with Crippen LogP contribution in [0.3, 0.4) is 0 Å². The van der Waals surface area contributed by atoms with Gasteiger partial charge in [-0.05, 0) is 6.07 Å². The van der Waals surface area contributed by atoms with E-state index in [1.165, 1.54) is 11.0 Å². The zero-order chi connectivity index (χ0) is 14.5. The van der Waals surface area contributed by atoms with Crippen LogP contribution in [0, 0.1) is 5.82 Å². The summed E-state index contributed by atoms with van der Waals surface area (Å²) >= 11 is 0. The topological polar surface area (TPSA) is 78.9 Å². The summed E-state index contributed by atoms with van der Waals surface area (Å²) in [5.74, 6) is -1.25. The molecule has 0 saturated heterocycles. The van der Waals surface area contributed by atoms with Crippen molar-refractivity contribution in [3.05, 3.63) is 29.6 Å². The van der Waals surface area contributed by atoms with Gasteiger partial charge in [0.05, 0.1) is 19.5 Å². The highest BCUT2D eigenvalue weighted by Crippen LogP contribution is 2.26. The number of carbonyl (C=O) groups excluding carboxylic acids is 1. The zero-order valence-corrected chi connectivity index (χ0v) is 10.8. The van der Waals surface area contributed by atoms with Gasteiger partial charge in [-0.15, -0.1) is 0 Å².